The highest BCUT2D eigenvalue weighted by Crippen LogP contribution is 2.27. The van der Waals surface area contributed by atoms with Gasteiger partial charge >= 0.3 is 0 Å². The first kappa shape index (κ1) is 36.4. The molecule has 0 bridgehead atoms. The fraction of sp³-hybridized carbons (Fsp3) is 0.769. The molecule has 13 heteroatoms. The van der Waals surface area contributed by atoms with Crippen molar-refractivity contribution in [3.05, 3.63) is 0 Å². The van der Waals surface area contributed by atoms with Crippen LogP contribution in [0.4, 0.5) is 0 Å². The number of carbonyl (C=O) groups is 6. The zero-order valence-electron chi connectivity index (χ0n) is 24.0. The number of rotatable bonds is 18. The van der Waals surface area contributed by atoms with E-state index < -0.39 is 95.2 Å². The molecule has 13 nitrogen and oxygen atoms in total. The van der Waals surface area contributed by atoms with Gasteiger partial charge in [0.15, 0.2) is 34.3 Å². The fourth-order valence-corrected chi connectivity index (χ4v) is 3.21. The topological polar surface area (TPSA) is 217 Å². The molecule has 0 heterocycles. The molecule has 0 aromatic carbocycles. The highest BCUT2D eigenvalue weighted by atomic mass is 16.5. The van der Waals surface area contributed by atoms with Gasteiger partial charge in [-0.25, -0.2) is 0 Å². The second-order valence-electron chi connectivity index (χ2n) is 11.3. The van der Waals surface area contributed by atoms with Crippen LogP contribution in [0.2, 0.25) is 0 Å². The molecule has 0 rings (SSSR count). The lowest BCUT2D eigenvalue weighted by atomic mass is 9.86. The van der Waals surface area contributed by atoms with E-state index >= 15 is 0 Å². The van der Waals surface area contributed by atoms with E-state index in [1.807, 2.05) is 0 Å². The maximum atomic E-state index is 13.0. The molecule has 0 spiro atoms. The van der Waals surface area contributed by atoms with Gasteiger partial charge in [-0.1, -0.05) is 27.7 Å². The molecule has 0 saturated heterocycles. The third kappa shape index (κ3) is 9.24. The largest absolute Gasteiger partial charge is 0.396 e. The number of ketones is 4. The molecule has 0 fully saturated rings. The summed E-state index contributed by atoms with van der Waals surface area (Å²) >= 11 is 0. The van der Waals surface area contributed by atoms with Gasteiger partial charge in [0.1, 0.15) is 12.2 Å². The van der Waals surface area contributed by atoms with Crippen LogP contribution in [-0.2, 0) is 33.5 Å². The van der Waals surface area contributed by atoms with Crippen LogP contribution < -0.4 is 10.6 Å². The number of Topliss-reactive ketones (excluding diaryl/α,β-unsaturated/α-hetero) is 4. The summed E-state index contributed by atoms with van der Waals surface area (Å²) in [7, 11) is 0. The Morgan fingerprint density at radius 1 is 0.641 bits per heavy atom. The monoisotopic (exact) mass is 560 g/mol. The van der Waals surface area contributed by atoms with E-state index in [0.717, 1.165) is 27.7 Å². The van der Waals surface area contributed by atoms with Crippen molar-refractivity contribution in [2.24, 2.45) is 10.8 Å². The Morgan fingerprint density at radius 2 is 0.923 bits per heavy atom. The van der Waals surface area contributed by atoms with E-state index in [-0.39, 0.29) is 13.1 Å². The number of ether oxygens (including phenoxy) is 1. The lowest BCUT2D eigenvalue weighted by Crippen LogP contribution is -2.57. The Morgan fingerprint density at radius 3 is 1.15 bits per heavy atom. The van der Waals surface area contributed by atoms with Crippen LogP contribution in [0.15, 0.2) is 0 Å². The molecule has 2 unspecified atom stereocenters. The zero-order valence-corrected chi connectivity index (χ0v) is 24.0. The van der Waals surface area contributed by atoms with E-state index in [9.17, 15) is 49.2 Å². The van der Waals surface area contributed by atoms with Crippen LogP contribution in [0.5, 0.6) is 0 Å². The molecule has 0 radical (unpaired) electrons. The minimum Gasteiger partial charge on any atom is -0.396 e. The van der Waals surface area contributed by atoms with Gasteiger partial charge in [0.05, 0.1) is 13.2 Å². The first-order chi connectivity index (χ1) is 17.6. The molecule has 0 aliphatic carbocycles. The highest BCUT2D eigenvalue weighted by Gasteiger charge is 2.50. The minimum atomic E-state index is -2.24. The smallest absolute Gasteiger partial charge is 0.249 e. The van der Waals surface area contributed by atoms with E-state index in [2.05, 4.69) is 10.6 Å². The van der Waals surface area contributed by atoms with Crippen LogP contribution >= 0.6 is 0 Å². The molecule has 4 atom stereocenters. The number of aliphatic hydroxyl groups excluding tert-OH is 4. The van der Waals surface area contributed by atoms with Crippen molar-refractivity contribution in [2.45, 2.75) is 91.6 Å². The number of hydrogen-bond donors (Lipinski definition) is 6. The quantitative estimate of drug-likeness (QED) is 0.107. The maximum Gasteiger partial charge on any atom is 0.249 e. The normalized spacial score (nSPS) is 16.7. The third-order valence-electron chi connectivity index (χ3n) is 6.91. The van der Waals surface area contributed by atoms with Crippen molar-refractivity contribution in [3.8, 4) is 0 Å². The number of aliphatic hydroxyl groups is 4. The summed E-state index contributed by atoms with van der Waals surface area (Å²) in [5.74, 6) is -4.97. The van der Waals surface area contributed by atoms with Gasteiger partial charge in [0.2, 0.25) is 11.8 Å². The number of amides is 2. The molecule has 2 amide bonds. The Bertz CT molecular complexity index is 872. The first-order valence-electron chi connectivity index (χ1n) is 12.6. The van der Waals surface area contributed by atoms with Gasteiger partial charge in [0.25, 0.3) is 0 Å². The van der Waals surface area contributed by atoms with Crippen molar-refractivity contribution >= 4 is 34.9 Å². The van der Waals surface area contributed by atoms with Crippen LogP contribution in [0, 0.1) is 10.8 Å². The Kier molecular flexibility index (Phi) is 13.2. The maximum absolute atomic E-state index is 13.0. The van der Waals surface area contributed by atoms with Crippen LogP contribution in [0.25, 0.3) is 0 Å². The van der Waals surface area contributed by atoms with E-state index in [4.69, 9.17) is 4.74 Å². The lowest BCUT2D eigenvalue weighted by molar-refractivity contribution is -0.182. The number of carbonyl (C=O) groups excluding carboxylic acids is 6. The summed E-state index contributed by atoms with van der Waals surface area (Å²) in [6.45, 7) is 8.60. The van der Waals surface area contributed by atoms with Crippen molar-refractivity contribution in [2.75, 3.05) is 26.3 Å². The van der Waals surface area contributed by atoms with Gasteiger partial charge in [-0.2, -0.15) is 0 Å². The van der Waals surface area contributed by atoms with Gasteiger partial charge in [0, 0.05) is 36.8 Å². The fourth-order valence-electron chi connectivity index (χ4n) is 3.21. The van der Waals surface area contributed by atoms with Crippen molar-refractivity contribution in [3.63, 3.8) is 0 Å². The predicted molar refractivity (Wildman–Crippen MR) is 138 cm³/mol. The second kappa shape index (κ2) is 14.2. The molecule has 6 N–H and O–H groups in total. The Hall–Kier alpha value is -2.58. The summed E-state index contributed by atoms with van der Waals surface area (Å²) in [5, 5.41) is 43.4. The van der Waals surface area contributed by atoms with Crippen LogP contribution in [0.3, 0.4) is 0 Å². The second-order valence-corrected chi connectivity index (χ2v) is 11.3. The van der Waals surface area contributed by atoms with E-state index in [1.54, 1.807) is 0 Å². The van der Waals surface area contributed by atoms with E-state index in [1.165, 1.54) is 27.7 Å². The minimum absolute atomic E-state index is 0.300. The molecule has 0 aliphatic heterocycles. The first-order valence-corrected chi connectivity index (χ1v) is 12.6. The average molecular weight is 561 g/mol. The van der Waals surface area contributed by atoms with Crippen LogP contribution in [-0.4, -0.2) is 105 Å². The molecule has 0 aromatic heterocycles. The summed E-state index contributed by atoms with van der Waals surface area (Å²) in [6.07, 6.45) is -4.01. The lowest BCUT2D eigenvalue weighted by Gasteiger charge is -2.36. The van der Waals surface area contributed by atoms with Gasteiger partial charge in [-0.15, -0.1) is 0 Å². The summed E-state index contributed by atoms with van der Waals surface area (Å²) in [5.41, 5.74) is -6.76. The van der Waals surface area contributed by atoms with Crippen molar-refractivity contribution in [1.82, 2.24) is 10.6 Å². The molecule has 0 aliphatic rings. The summed E-state index contributed by atoms with van der Waals surface area (Å²) in [4.78, 5) is 75.3. The number of hydrogen-bond acceptors (Lipinski definition) is 11. The molecule has 39 heavy (non-hydrogen) atoms. The van der Waals surface area contributed by atoms with E-state index in [0.29, 0.717) is 0 Å². The molecule has 224 valence electrons. The highest BCUT2D eigenvalue weighted by molar-refractivity contribution is 6.13. The van der Waals surface area contributed by atoms with Crippen LogP contribution in [0.1, 0.15) is 68.2 Å². The SMILES string of the molecule is CC(=O)C(C)(OC(C)(C(C)=O)C(=O)CCNC(=O)[C@H](O)C(C)(C)CO)C(=O)CCNC(=O)[C@H](O)C(C)(C)CO. The Labute approximate surface area is 228 Å². The molecular formula is C26H44N2O11. The Balaban J connectivity index is 5.49. The molecule has 0 saturated carbocycles. The average Bonchev–Trinajstić information content (AvgIpc) is 2.86. The zero-order chi connectivity index (χ0) is 31.0. The standard InChI is InChI=1S/C26H44N2O11/c1-15(31)25(7,17(33)9-11-27-21(37)19(35)23(3,4)13-29)39-26(8,16(2)32)18(34)10-12-28-22(38)20(36)24(5,6)14-30/h19-20,29-30,35-36H,9-14H2,1-8H3,(H,27,37)(H,28,38)/t19-,20-,25?,26?/m0/s1. The predicted octanol–water partition coefficient (Wildman–Crippen LogP) is -1.39. The van der Waals surface area contributed by atoms with Gasteiger partial charge in [-0.05, 0) is 27.7 Å². The number of nitrogens with one attached hydrogen (secondary N) is 2. The third-order valence-corrected chi connectivity index (χ3v) is 6.91. The summed E-state index contributed by atoms with van der Waals surface area (Å²) < 4.78 is 5.64. The molecular weight excluding hydrogens is 516 g/mol. The van der Waals surface area contributed by atoms with Crippen molar-refractivity contribution < 1.29 is 53.9 Å². The van der Waals surface area contributed by atoms with Crippen molar-refractivity contribution in [1.29, 1.82) is 0 Å². The molecule has 0 aromatic rings. The van der Waals surface area contributed by atoms with Gasteiger partial charge < -0.3 is 35.8 Å². The van der Waals surface area contributed by atoms with Gasteiger partial charge in [-0.3, -0.25) is 28.8 Å². The summed E-state index contributed by atoms with van der Waals surface area (Å²) in [6, 6.07) is 0.